The summed E-state index contributed by atoms with van der Waals surface area (Å²) in [7, 11) is -3.82. The molecule has 0 N–H and O–H groups in total. The molecule has 0 radical (unpaired) electrons. The summed E-state index contributed by atoms with van der Waals surface area (Å²) in [4.78, 5) is 0.0415. The van der Waals surface area contributed by atoms with Crippen LogP contribution in [0.1, 0.15) is 40.2 Å². The predicted molar refractivity (Wildman–Crippen MR) is 148 cm³/mol. The SMILES string of the molecule is O=S(=O)(c1cc(Cl)c(Cl)cc1Cl)C1CCc2c(ccc3c2CCc2ccccc2-3)C1c1ccccc1. The summed E-state index contributed by atoms with van der Waals surface area (Å²) in [6.45, 7) is 0. The van der Waals surface area contributed by atoms with Crippen LogP contribution in [0.2, 0.25) is 15.1 Å². The lowest BCUT2D eigenvalue weighted by Gasteiger charge is -2.36. The number of rotatable bonds is 3. The first-order valence-electron chi connectivity index (χ1n) is 12.0. The van der Waals surface area contributed by atoms with E-state index in [1.807, 2.05) is 30.3 Å². The zero-order valence-electron chi connectivity index (χ0n) is 19.3. The lowest BCUT2D eigenvalue weighted by molar-refractivity contribution is 0.540. The Morgan fingerprint density at radius 2 is 1.39 bits per heavy atom. The lowest BCUT2D eigenvalue weighted by atomic mass is 9.73. The molecule has 2 atom stereocenters. The van der Waals surface area contributed by atoms with Crippen molar-refractivity contribution in [2.75, 3.05) is 0 Å². The van der Waals surface area contributed by atoms with E-state index >= 15 is 0 Å². The zero-order valence-corrected chi connectivity index (χ0v) is 22.4. The Morgan fingerprint density at radius 1 is 0.667 bits per heavy atom. The summed E-state index contributed by atoms with van der Waals surface area (Å²) < 4.78 is 28.3. The van der Waals surface area contributed by atoms with Crippen molar-refractivity contribution in [2.45, 2.75) is 41.7 Å². The maximum absolute atomic E-state index is 14.1. The molecule has 2 unspecified atom stereocenters. The van der Waals surface area contributed by atoms with E-state index in [4.69, 9.17) is 34.8 Å². The van der Waals surface area contributed by atoms with Crippen LogP contribution in [0.25, 0.3) is 11.1 Å². The van der Waals surface area contributed by atoms with Crippen LogP contribution >= 0.6 is 34.8 Å². The molecule has 0 saturated heterocycles. The van der Waals surface area contributed by atoms with Crippen molar-refractivity contribution in [3.05, 3.63) is 122 Å². The van der Waals surface area contributed by atoms with Crippen LogP contribution in [0.15, 0.2) is 83.8 Å². The molecule has 4 aromatic carbocycles. The number of hydrogen-bond acceptors (Lipinski definition) is 2. The van der Waals surface area contributed by atoms with Gasteiger partial charge in [-0.3, -0.25) is 0 Å². The Bertz CT molecular complexity index is 1600. The average Bonchev–Trinajstić information content (AvgIpc) is 2.90. The van der Waals surface area contributed by atoms with Crippen molar-refractivity contribution in [3.63, 3.8) is 0 Å². The molecule has 0 amide bonds. The van der Waals surface area contributed by atoms with E-state index in [-0.39, 0.29) is 25.9 Å². The molecule has 0 heterocycles. The third-order valence-corrected chi connectivity index (χ3v) is 11.0. The molecule has 182 valence electrons. The number of halogens is 3. The van der Waals surface area contributed by atoms with Crippen LogP contribution in [0.5, 0.6) is 0 Å². The molecule has 36 heavy (non-hydrogen) atoms. The van der Waals surface area contributed by atoms with Crippen molar-refractivity contribution in [1.29, 1.82) is 0 Å². The molecule has 0 bridgehead atoms. The molecule has 2 nitrogen and oxygen atoms in total. The van der Waals surface area contributed by atoms with Gasteiger partial charge in [-0.15, -0.1) is 0 Å². The normalized spacial score (nSPS) is 18.8. The van der Waals surface area contributed by atoms with E-state index in [9.17, 15) is 8.42 Å². The van der Waals surface area contributed by atoms with Gasteiger partial charge in [0.25, 0.3) is 0 Å². The molecular weight excluding hydrogens is 531 g/mol. The fourth-order valence-electron chi connectivity index (χ4n) is 6.02. The standard InChI is InChI=1S/C30H23Cl3O2S/c31-25-16-27(33)29(17-26(25)32)36(34,35)28-15-14-23-22-11-10-18-6-4-5-9-20(18)21(22)12-13-24(23)30(28)19-7-2-1-3-8-19/h1-9,12-13,16-17,28,30H,10-11,14-15H2. The third-order valence-electron chi connectivity index (χ3n) is 7.64. The van der Waals surface area contributed by atoms with Gasteiger partial charge in [-0.2, -0.15) is 0 Å². The zero-order chi connectivity index (χ0) is 25.0. The van der Waals surface area contributed by atoms with Crippen LogP contribution in [0.3, 0.4) is 0 Å². The Labute approximate surface area is 226 Å². The van der Waals surface area contributed by atoms with E-state index in [2.05, 4.69) is 36.4 Å². The largest absolute Gasteiger partial charge is 0.223 e. The molecule has 0 saturated carbocycles. The highest BCUT2D eigenvalue weighted by Crippen LogP contribution is 2.47. The fraction of sp³-hybridized carbons (Fsp3) is 0.200. The first-order chi connectivity index (χ1) is 17.4. The number of aryl methyl sites for hydroxylation is 1. The highest BCUT2D eigenvalue weighted by Gasteiger charge is 2.42. The molecule has 2 aliphatic carbocycles. The number of sulfone groups is 1. The maximum Gasteiger partial charge on any atom is 0.183 e. The summed E-state index contributed by atoms with van der Waals surface area (Å²) in [6.07, 6.45) is 3.17. The van der Waals surface area contributed by atoms with Crippen LogP contribution in [-0.2, 0) is 29.1 Å². The monoisotopic (exact) mass is 552 g/mol. The van der Waals surface area contributed by atoms with Crippen molar-refractivity contribution < 1.29 is 8.42 Å². The Hall–Kier alpha value is -2.30. The number of fused-ring (bicyclic) bond motifs is 5. The van der Waals surface area contributed by atoms with Gasteiger partial charge in [0, 0.05) is 5.92 Å². The minimum Gasteiger partial charge on any atom is -0.223 e. The summed E-state index contributed by atoms with van der Waals surface area (Å²) in [5.41, 5.74) is 8.66. The molecule has 4 aromatic rings. The minimum atomic E-state index is -3.82. The molecule has 0 aromatic heterocycles. The topological polar surface area (TPSA) is 34.1 Å². The number of hydrogen-bond donors (Lipinski definition) is 0. The van der Waals surface area contributed by atoms with Gasteiger partial charge >= 0.3 is 0 Å². The predicted octanol–water partition coefficient (Wildman–Crippen LogP) is 8.33. The highest BCUT2D eigenvalue weighted by molar-refractivity contribution is 7.92. The van der Waals surface area contributed by atoms with Gasteiger partial charge in [0.15, 0.2) is 9.84 Å². The van der Waals surface area contributed by atoms with Gasteiger partial charge in [0.1, 0.15) is 0 Å². The average molecular weight is 554 g/mol. The van der Waals surface area contributed by atoms with Crippen molar-refractivity contribution >= 4 is 44.6 Å². The minimum absolute atomic E-state index is 0.0415. The van der Waals surface area contributed by atoms with E-state index in [0.717, 1.165) is 24.0 Å². The van der Waals surface area contributed by atoms with Crippen LogP contribution in [0.4, 0.5) is 0 Å². The first-order valence-corrected chi connectivity index (χ1v) is 14.7. The molecule has 2 aliphatic rings. The fourth-order valence-corrected chi connectivity index (χ4v) is 8.99. The molecule has 6 heteroatoms. The van der Waals surface area contributed by atoms with Gasteiger partial charge in [-0.25, -0.2) is 8.42 Å². The quantitative estimate of drug-likeness (QED) is 0.239. The van der Waals surface area contributed by atoms with E-state index < -0.39 is 15.1 Å². The van der Waals surface area contributed by atoms with Crippen LogP contribution in [0, 0.1) is 0 Å². The molecule has 0 aliphatic heterocycles. The Balaban J connectivity index is 1.53. The van der Waals surface area contributed by atoms with Crippen LogP contribution < -0.4 is 0 Å². The third kappa shape index (κ3) is 3.88. The second-order valence-corrected chi connectivity index (χ2v) is 12.9. The van der Waals surface area contributed by atoms with Crippen molar-refractivity contribution in [3.8, 4) is 11.1 Å². The molecule has 6 rings (SSSR count). The summed E-state index contributed by atoms with van der Waals surface area (Å²) >= 11 is 18.8. The van der Waals surface area contributed by atoms with Gasteiger partial charge in [-0.05, 0) is 76.8 Å². The summed E-state index contributed by atoms with van der Waals surface area (Å²) in [5, 5.41) is -0.152. The van der Waals surface area contributed by atoms with E-state index in [1.54, 1.807) is 0 Å². The first kappa shape index (κ1) is 24.1. The van der Waals surface area contributed by atoms with E-state index in [1.165, 1.54) is 39.9 Å². The summed E-state index contributed by atoms with van der Waals surface area (Å²) in [5.74, 6) is -0.312. The van der Waals surface area contributed by atoms with Crippen LogP contribution in [-0.4, -0.2) is 13.7 Å². The Morgan fingerprint density at radius 3 is 2.19 bits per heavy atom. The highest BCUT2D eigenvalue weighted by atomic mass is 35.5. The molecular formula is C30H23Cl3O2S. The number of benzene rings is 4. The smallest absolute Gasteiger partial charge is 0.183 e. The Kier molecular flexibility index (Phi) is 6.16. The summed E-state index contributed by atoms with van der Waals surface area (Å²) in [6, 6.07) is 25.6. The van der Waals surface area contributed by atoms with Crippen molar-refractivity contribution in [1.82, 2.24) is 0 Å². The van der Waals surface area contributed by atoms with E-state index in [0.29, 0.717) is 12.8 Å². The lowest BCUT2D eigenvalue weighted by Crippen LogP contribution is -2.34. The van der Waals surface area contributed by atoms with Gasteiger partial charge in [0.2, 0.25) is 0 Å². The molecule has 0 spiro atoms. The van der Waals surface area contributed by atoms with Gasteiger partial charge < -0.3 is 0 Å². The second-order valence-electron chi connectivity index (χ2n) is 9.52. The van der Waals surface area contributed by atoms with Gasteiger partial charge in [-0.1, -0.05) is 102 Å². The molecule has 0 fully saturated rings. The maximum atomic E-state index is 14.1. The van der Waals surface area contributed by atoms with Gasteiger partial charge in [0.05, 0.1) is 25.2 Å². The second kappa shape index (κ2) is 9.22. The van der Waals surface area contributed by atoms with Crippen molar-refractivity contribution in [2.24, 2.45) is 0 Å².